The Labute approximate surface area is 108 Å². The topological polar surface area (TPSA) is 62.1 Å². The molecule has 0 aromatic rings. The molecule has 1 unspecified atom stereocenters. The summed E-state index contributed by atoms with van der Waals surface area (Å²) in [5, 5.41) is 12.2. The molecule has 0 saturated carbocycles. The van der Waals surface area contributed by atoms with Crippen LogP contribution in [0.25, 0.3) is 0 Å². The number of nitrogens with zero attached hydrogens (tertiary/aromatic N) is 2. The molecule has 2 bridgehead atoms. The molecule has 102 valence electrons. The van der Waals surface area contributed by atoms with Gasteiger partial charge in [0.1, 0.15) is 5.60 Å². The van der Waals surface area contributed by atoms with Gasteiger partial charge in [-0.05, 0) is 40.0 Å². The van der Waals surface area contributed by atoms with Crippen LogP contribution < -0.4 is 0 Å². The summed E-state index contributed by atoms with van der Waals surface area (Å²) >= 11 is 0. The van der Waals surface area contributed by atoms with Crippen LogP contribution in [0.3, 0.4) is 0 Å². The summed E-state index contributed by atoms with van der Waals surface area (Å²) < 4.78 is 5.47. The Hall–Kier alpha value is -1.26. The zero-order valence-electron chi connectivity index (χ0n) is 11.3. The third-order valence-electron chi connectivity index (χ3n) is 3.55. The highest BCUT2D eigenvalue weighted by Crippen LogP contribution is 2.33. The van der Waals surface area contributed by atoms with Crippen LogP contribution in [-0.4, -0.2) is 39.6 Å². The minimum absolute atomic E-state index is 0.137. The fourth-order valence-corrected chi connectivity index (χ4v) is 2.89. The first-order valence-electron chi connectivity index (χ1n) is 6.62. The number of fused-ring (bicyclic) bond motifs is 2. The molecule has 0 aromatic heterocycles. The molecule has 1 N–H and O–H groups in total. The minimum atomic E-state index is -0.462. The van der Waals surface area contributed by atoms with Gasteiger partial charge in [0, 0.05) is 24.9 Å². The van der Waals surface area contributed by atoms with Gasteiger partial charge in [-0.15, -0.1) is 0 Å². The van der Waals surface area contributed by atoms with E-state index >= 15 is 0 Å². The fraction of sp³-hybridized carbons (Fsp3) is 0.846. The van der Waals surface area contributed by atoms with Gasteiger partial charge >= 0.3 is 6.09 Å². The van der Waals surface area contributed by atoms with E-state index in [0.717, 1.165) is 25.0 Å². The molecule has 0 aromatic carbocycles. The van der Waals surface area contributed by atoms with Crippen LogP contribution in [0.5, 0.6) is 0 Å². The van der Waals surface area contributed by atoms with Crippen molar-refractivity contribution in [2.75, 3.05) is 0 Å². The van der Waals surface area contributed by atoms with E-state index in [4.69, 9.17) is 9.94 Å². The average molecular weight is 254 g/mol. The molecule has 0 spiro atoms. The fourth-order valence-electron chi connectivity index (χ4n) is 2.89. The Kier molecular flexibility index (Phi) is 3.50. The lowest BCUT2D eigenvalue weighted by Gasteiger charge is -2.46. The average Bonchev–Trinajstić information content (AvgIpc) is 2.24. The van der Waals surface area contributed by atoms with Gasteiger partial charge in [-0.1, -0.05) is 5.16 Å². The summed E-state index contributed by atoms with van der Waals surface area (Å²) in [4.78, 5) is 14.1. The number of hydrogen-bond acceptors (Lipinski definition) is 4. The highest BCUT2D eigenvalue weighted by molar-refractivity contribution is 5.87. The lowest BCUT2D eigenvalue weighted by molar-refractivity contribution is -0.00731. The van der Waals surface area contributed by atoms with Crippen LogP contribution in [0.1, 0.15) is 52.9 Å². The highest BCUT2D eigenvalue weighted by Gasteiger charge is 2.41. The Morgan fingerprint density at radius 3 is 2.33 bits per heavy atom. The minimum Gasteiger partial charge on any atom is -0.444 e. The van der Waals surface area contributed by atoms with E-state index in [1.807, 2.05) is 25.7 Å². The number of ether oxygens (including phenoxy) is 1. The molecule has 5 nitrogen and oxygen atoms in total. The first-order chi connectivity index (χ1) is 8.40. The molecule has 1 amide bonds. The van der Waals surface area contributed by atoms with Gasteiger partial charge in [0.15, 0.2) is 0 Å². The normalized spacial score (nSPS) is 30.4. The zero-order chi connectivity index (χ0) is 13.3. The summed E-state index contributed by atoms with van der Waals surface area (Å²) in [6, 6.07) is 0.275. The van der Waals surface area contributed by atoms with Crippen LogP contribution in [0.15, 0.2) is 5.16 Å². The number of amides is 1. The Morgan fingerprint density at radius 1 is 1.33 bits per heavy atom. The van der Waals surface area contributed by atoms with E-state index < -0.39 is 5.60 Å². The number of piperidine rings is 2. The van der Waals surface area contributed by atoms with E-state index in [-0.39, 0.29) is 18.2 Å². The molecule has 0 radical (unpaired) electrons. The Bertz CT molecular complexity index is 344. The predicted molar refractivity (Wildman–Crippen MR) is 68.0 cm³/mol. The molecule has 0 aliphatic carbocycles. The lowest BCUT2D eigenvalue weighted by atomic mass is 9.84. The van der Waals surface area contributed by atoms with Gasteiger partial charge in [-0.3, -0.25) is 0 Å². The number of oxime groups is 1. The molecule has 2 heterocycles. The summed E-state index contributed by atoms with van der Waals surface area (Å²) in [6.07, 6.45) is 4.18. The third kappa shape index (κ3) is 2.76. The largest absolute Gasteiger partial charge is 0.444 e. The molecule has 5 heteroatoms. The Balaban J connectivity index is 2.11. The maximum Gasteiger partial charge on any atom is 0.410 e. The molecule has 2 rings (SSSR count). The van der Waals surface area contributed by atoms with Crippen molar-refractivity contribution in [2.45, 2.75) is 70.6 Å². The monoisotopic (exact) mass is 254 g/mol. The van der Waals surface area contributed by atoms with E-state index in [2.05, 4.69) is 5.16 Å². The maximum absolute atomic E-state index is 12.2. The van der Waals surface area contributed by atoms with Crippen molar-refractivity contribution in [1.82, 2.24) is 4.90 Å². The molecule has 2 fully saturated rings. The molecule has 2 aliphatic rings. The first kappa shape index (κ1) is 13.2. The smallest absolute Gasteiger partial charge is 0.410 e. The van der Waals surface area contributed by atoms with Crippen molar-refractivity contribution in [3.8, 4) is 0 Å². The van der Waals surface area contributed by atoms with Crippen molar-refractivity contribution in [2.24, 2.45) is 5.16 Å². The van der Waals surface area contributed by atoms with Crippen LogP contribution in [-0.2, 0) is 4.74 Å². The molecule has 2 atom stereocenters. The van der Waals surface area contributed by atoms with Crippen molar-refractivity contribution >= 4 is 11.8 Å². The summed E-state index contributed by atoms with van der Waals surface area (Å²) in [6.45, 7) is 5.64. The van der Waals surface area contributed by atoms with Crippen molar-refractivity contribution in [3.63, 3.8) is 0 Å². The maximum atomic E-state index is 12.2. The van der Waals surface area contributed by atoms with Gasteiger partial charge in [-0.2, -0.15) is 0 Å². The summed E-state index contributed by atoms with van der Waals surface area (Å²) in [5.41, 5.74) is 0.348. The SMILES string of the molecule is CC(C)(C)OC(=O)N1C2CCC[C@H]1CC(=NO)C2. The van der Waals surface area contributed by atoms with Gasteiger partial charge in [0.2, 0.25) is 0 Å². The molecular formula is C13H22N2O3. The van der Waals surface area contributed by atoms with E-state index in [0.29, 0.717) is 12.8 Å². The second-order valence-electron chi connectivity index (χ2n) is 6.20. The second-order valence-corrected chi connectivity index (χ2v) is 6.20. The van der Waals surface area contributed by atoms with Crippen molar-refractivity contribution in [3.05, 3.63) is 0 Å². The molecule has 2 saturated heterocycles. The molecular weight excluding hydrogens is 232 g/mol. The Morgan fingerprint density at radius 2 is 1.89 bits per heavy atom. The quantitative estimate of drug-likeness (QED) is 0.534. The van der Waals surface area contributed by atoms with Crippen LogP contribution in [0.2, 0.25) is 0 Å². The van der Waals surface area contributed by atoms with Gasteiger partial charge in [0.05, 0.1) is 5.71 Å². The van der Waals surface area contributed by atoms with E-state index in [1.165, 1.54) is 0 Å². The van der Waals surface area contributed by atoms with Crippen LogP contribution >= 0.6 is 0 Å². The van der Waals surface area contributed by atoms with Gasteiger partial charge in [-0.25, -0.2) is 4.79 Å². The number of carbonyl (C=O) groups is 1. The highest BCUT2D eigenvalue weighted by atomic mass is 16.6. The third-order valence-corrected chi connectivity index (χ3v) is 3.55. The van der Waals surface area contributed by atoms with Crippen molar-refractivity contribution in [1.29, 1.82) is 0 Å². The number of carbonyl (C=O) groups excluding carboxylic acids is 1. The van der Waals surface area contributed by atoms with Crippen LogP contribution in [0.4, 0.5) is 4.79 Å². The molecule has 2 aliphatic heterocycles. The first-order valence-corrected chi connectivity index (χ1v) is 6.62. The number of hydrogen-bond donors (Lipinski definition) is 1. The standard InChI is InChI=1S/C13H22N2O3/c1-13(2,3)18-12(16)15-10-5-4-6-11(15)8-9(7-10)14-17/h10-11,17H,4-8H2,1-3H3/t10-,11?/m0/s1. The summed E-state index contributed by atoms with van der Waals surface area (Å²) in [5.74, 6) is 0. The second kappa shape index (κ2) is 4.78. The van der Waals surface area contributed by atoms with E-state index in [1.54, 1.807) is 0 Å². The lowest BCUT2D eigenvalue weighted by Crippen LogP contribution is -2.56. The number of rotatable bonds is 0. The van der Waals surface area contributed by atoms with Crippen LogP contribution in [0, 0.1) is 0 Å². The molecule has 18 heavy (non-hydrogen) atoms. The van der Waals surface area contributed by atoms with Gasteiger partial charge < -0.3 is 14.8 Å². The zero-order valence-corrected chi connectivity index (χ0v) is 11.3. The predicted octanol–water partition coefficient (Wildman–Crippen LogP) is 2.77. The summed E-state index contributed by atoms with van der Waals surface area (Å²) in [7, 11) is 0. The van der Waals surface area contributed by atoms with E-state index in [9.17, 15) is 4.79 Å². The van der Waals surface area contributed by atoms with Crippen molar-refractivity contribution < 1.29 is 14.7 Å². The van der Waals surface area contributed by atoms with Gasteiger partial charge in [0.25, 0.3) is 0 Å².